The fraction of sp³-hybridized carbons (Fsp3) is 0.417. The SMILES string of the molecule is CCOC(=O)Cc1nn(CNC(=O)CCN2CCN(c3ncccn3)CC2)c(=O)c2ccccc12. The molecule has 1 amide bonds. The fourth-order valence-electron chi connectivity index (χ4n) is 4.03. The Morgan fingerprint density at radius 3 is 2.46 bits per heavy atom. The van der Waals surface area contributed by atoms with Gasteiger partial charge in [0.15, 0.2) is 0 Å². The van der Waals surface area contributed by atoms with Gasteiger partial charge in [-0.25, -0.2) is 14.6 Å². The molecule has 1 aliphatic heterocycles. The number of piperazine rings is 1. The minimum atomic E-state index is -0.418. The zero-order valence-electron chi connectivity index (χ0n) is 19.7. The van der Waals surface area contributed by atoms with Crippen molar-refractivity contribution in [2.45, 2.75) is 26.4 Å². The van der Waals surface area contributed by atoms with Crippen LogP contribution in [-0.4, -0.2) is 75.9 Å². The van der Waals surface area contributed by atoms with E-state index in [1.165, 1.54) is 4.68 Å². The van der Waals surface area contributed by atoms with Gasteiger partial charge in [-0.15, -0.1) is 0 Å². The molecular weight excluding hydrogens is 450 g/mol. The number of esters is 1. The van der Waals surface area contributed by atoms with Crippen LogP contribution in [-0.2, 0) is 27.4 Å². The highest BCUT2D eigenvalue weighted by Crippen LogP contribution is 2.14. The Balaban J connectivity index is 1.32. The number of fused-ring (bicyclic) bond motifs is 1. The molecule has 0 unspecified atom stereocenters. The van der Waals surface area contributed by atoms with Crippen LogP contribution in [0.2, 0.25) is 0 Å². The number of anilines is 1. The Bertz CT molecular complexity index is 1220. The van der Waals surface area contributed by atoms with Crippen LogP contribution in [0.4, 0.5) is 5.95 Å². The summed E-state index contributed by atoms with van der Waals surface area (Å²) in [6.07, 6.45) is 3.71. The van der Waals surface area contributed by atoms with E-state index in [2.05, 4.69) is 30.2 Å². The molecule has 3 aromatic rings. The standard InChI is InChI=1S/C24H29N7O4/c1-2-35-22(33)16-20-18-6-3-4-7-19(18)23(34)31(28-20)17-27-21(32)8-11-29-12-14-30(15-13-29)24-25-9-5-10-26-24/h3-7,9-10H,2,8,11-17H2,1H3,(H,27,32). The predicted molar refractivity (Wildman–Crippen MR) is 130 cm³/mol. The number of ether oxygens (including phenoxy) is 1. The minimum Gasteiger partial charge on any atom is -0.466 e. The first-order valence-electron chi connectivity index (χ1n) is 11.7. The molecule has 3 heterocycles. The Morgan fingerprint density at radius 1 is 1.03 bits per heavy atom. The maximum Gasteiger partial charge on any atom is 0.311 e. The highest BCUT2D eigenvalue weighted by molar-refractivity contribution is 5.87. The largest absolute Gasteiger partial charge is 0.466 e. The lowest BCUT2D eigenvalue weighted by atomic mass is 10.1. The zero-order chi connectivity index (χ0) is 24.6. The van der Waals surface area contributed by atoms with Crippen molar-refractivity contribution < 1.29 is 14.3 Å². The molecule has 0 bridgehead atoms. The Hall–Kier alpha value is -3.86. The Morgan fingerprint density at radius 2 is 1.74 bits per heavy atom. The van der Waals surface area contributed by atoms with E-state index in [9.17, 15) is 14.4 Å². The van der Waals surface area contributed by atoms with Crippen molar-refractivity contribution in [1.29, 1.82) is 0 Å². The normalized spacial score (nSPS) is 14.1. The maximum atomic E-state index is 12.9. The fourth-order valence-corrected chi connectivity index (χ4v) is 4.03. The second-order valence-electron chi connectivity index (χ2n) is 8.16. The molecule has 0 saturated carbocycles. The van der Waals surface area contributed by atoms with E-state index >= 15 is 0 Å². The van der Waals surface area contributed by atoms with Crippen LogP contribution in [0.15, 0.2) is 47.5 Å². The van der Waals surface area contributed by atoms with Crippen LogP contribution >= 0.6 is 0 Å². The molecule has 11 nitrogen and oxygen atoms in total. The molecule has 4 rings (SSSR count). The number of hydrogen-bond acceptors (Lipinski definition) is 9. The number of hydrogen-bond donors (Lipinski definition) is 1. The third-order valence-electron chi connectivity index (χ3n) is 5.85. The van der Waals surface area contributed by atoms with Gasteiger partial charge in [-0.05, 0) is 19.1 Å². The summed E-state index contributed by atoms with van der Waals surface area (Å²) in [5, 5.41) is 8.16. The summed E-state index contributed by atoms with van der Waals surface area (Å²) in [6, 6.07) is 8.78. The number of nitrogens with zero attached hydrogens (tertiary/aromatic N) is 6. The summed E-state index contributed by atoms with van der Waals surface area (Å²) in [7, 11) is 0. The first-order valence-corrected chi connectivity index (χ1v) is 11.7. The molecule has 35 heavy (non-hydrogen) atoms. The van der Waals surface area contributed by atoms with E-state index in [0.717, 1.165) is 32.1 Å². The van der Waals surface area contributed by atoms with E-state index < -0.39 is 5.97 Å². The highest BCUT2D eigenvalue weighted by atomic mass is 16.5. The van der Waals surface area contributed by atoms with Crippen LogP contribution in [0, 0.1) is 0 Å². The second kappa shape index (κ2) is 11.5. The molecule has 0 spiro atoms. The van der Waals surface area contributed by atoms with E-state index in [-0.39, 0.29) is 31.2 Å². The number of carbonyl (C=O) groups is 2. The molecule has 1 aromatic carbocycles. The minimum absolute atomic E-state index is 0.0530. The zero-order valence-corrected chi connectivity index (χ0v) is 19.7. The van der Waals surface area contributed by atoms with Crippen LogP contribution in [0.3, 0.4) is 0 Å². The van der Waals surface area contributed by atoms with E-state index in [4.69, 9.17) is 4.74 Å². The lowest BCUT2D eigenvalue weighted by Crippen LogP contribution is -2.47. The van der Waals surface area contributed by atoms with Gasteiger partial charge in [0.1, 0.15) is 6.67 Å². The smallest absolute Gasteiger partial charge is 0.311 e. The summed E-state index contributed by atoms with van der Waals surface area (Å²) in [5.74, 6) is 0.131. The first-order chi connectivity index (χ1) is 17.0. The third-order valence-corrected chi connectivity index (χ3v) is 5.85. The number of aromatic nitrogens is 4. The van der Waals surface area contributed by atoms with Gasteiger partial charge in [0.05, 0.1) is 24.1 Å². The second-order valence-corrected chi connectivity index (χ2v) is 8.16. The molecule has 184 valence electrons. The monoisotopic (exact) mass is 479 g/mol. The molecule has 0 atom stereocenters. The summed E-state index contributed by atoms with van der Waals surface area (Å²) in [6.45, 7) is 5.76. The van der Waals surface area contributed by atoms with Gasteiger partial charge in [-0.1, -0.05) is 18.2 Å². The van der Waals surface area contributed by atoms with E-state index in [1.54, 1.807) is 49.6 Å². The summed E-state index contributed by atoms with van der Waals surface area (Å²) in [4.78, 5) is 50.3. The van der Waals surface area contributed by atoms with Crippen LogP contribution < -0.4 is 15.8 Å². The molecule has 11 heteroatoms. The number of benzene rings is 1. The lowest BCUT2D eigenvalue weighted by molar-refractivity contribution is -0.142. The quantitative estimate of drug-likeness (QED) is 0.439. The molecule has 0 aliphatic carbocycles. The predicted octanol–water partition coefficient (Wildman–Crippen LogP) is 0.578. The van der Waals surface area contributed by atoms with Gasteiger partial charge < -0.3 is 15.0 Å². The van der Waals surface area contributed by atoms with Crippen molar-refractivity contribution in [3.63, 3.8) is 0 Å². The topological polar surface area (TPSA) is 123 Å². The molecule has 2 aromatic heterocycles. The summed E-state index contributed by atoms with van der Waals surface area (Å²) < 4.78 is 6.22. The van der Waals surface area contributed by atoms with Crippen molar-refractivity contribution in [2.75, 3.05) is 44.2 Å². The van der Waals surface area contributed by atoms with Crippen molar-refractivity contribution in [3.8, 4) is 0 Å². The molecule has 1 aliphatic rings. The van der Waals surface area contributed by atoms with E-state index in [0.29, 0.717) is 29.4 Å². The molecular formula is C24H29N7O4. The van der Waals surface area contributed by atoms with E-state index in [1.807, 2.05) is 0 Å². The number of rotatable bonds is 9. The van der Waals surface area contributed by atoms with Crippen molar-refractivity contribution in [1.82, 2.24) is 30.0 Å². The van der Waals surface area contributed by atoms with Gasteiger partial charge in [0, 0.05) is 56.9 Å². The van der Waals surface area contributed by atoms with Crippen molar-refractivity contribution in [3.05, 3.63) is 58.8 Å². The summed E-state index contributed by atoms with van der Waals surface area (Å²) >= 11 is 0. The number of carbonyl (C=O) groups excluding carboxylic acids is 2. The van der Waals surface area contributed by atoms with Gasteiger partial charge in [0.25, 0.3) is 5.56 Å². The van der Waals surface area contributed by atoms with Crippen LogP contribution in [0.5, 0.6) is 0 Å². The third kappa shape index (κ3) is 6.18. The van der Waals surface area contributed by atoms with Crippen LogP contribution in [0.25, 0.3) is 10.8 Å². The van der Waals surface area contributed by atoms with Crippen molar-refractivity contribution in [2.24, 2.45) is 0 Å². The average Bonchev–Trinajstić information content (AvgIpc) is 2.89. The highest BCUT2D eigenvalue weighted by Gasteiger charge is 2.19. The molecule has 1 N–H and O–H groups in total. The molecule has 1 fully saturated rings. The molecule has 1 saturated heterocycles. The van der Waals surface area contributed by atoms with Gasteiger partial charge in [-0.2, -0.15) is 5.10 Å². The average molecular weight is 480 g/mol. The van der Waals surface area contributed by atoms with Crippen LogP contribution in [0.1, 0.15) is 19.0 Å². The Kier molecular flexibility index (Phi) is 7.99. The molecule has 0 radical (unpaired) electrons. The Labute approximate surface area is 202 Å². The van der Waals surface area contributed by atoms with Gasteiger partial charge >= 0.3 is 5.97 Å². The number of amides is 1. The first kappa shape index (κ1) is 24.3. The number of nitrogens with one attached hydrogen (secondary N) is 1. The summed E-state index contributed by atoms with van der Waals surface area (Å²) in [5.41, 5.74) is 0.112. The van der Waals surface area contributed by atoms with Gasteiger partial charge in [-0.3, -0.25) is 19.3 Å². The maximum absolute atomic E-state index is 12.9. The van der Waals surface area contributed by atoms with Crippen molar-refractivity contribution >= 4 is 28.6 Å². The van der Waals surface area contributed by atoms with Gasteiger partial charge in [0.2, 0.25) is 11.9 Å². The lowest BCUT2D eigenvalue weighted by Gasteiger charge is -2.34.